The molecule has 3 heterocycles. The van der Waals surface area contributed by atoms with Crippen molar-refractivity contribution < 1.29 is 0 Å². The molecule has 0 saturated heterocycles. The Kier molecular flexibility index (Phi) is 6.61. The van der Waals surface area contributed by atoms with Crippen molar-refractivity contribution in [1.82, 2.24) is 13.7 Å². The fraction of sp³-hybridized carbons (Fsp3) is 0. The molecular weight excluding hydrogens is 671 g/mol. The number of nitrogens with zero attached hydrogens (tertiary/aromatic N) is 5. The maximum Gasteiger partial charge on any atom is 0.189 e. The second-order valence-electron chi connectivity index (χ2n) is 14.0. The van der Waals surface area contributed by atoms with Crippen LogP contribution in [0.3, 0.4) is 0 Å². The van der Waals surface area contributed by atoms with Crippen molar-refractivity contribution in [1.29, 1.82) is 5.26 Å². The topological polar surface area (TPSA) is 42.9 Å². The van der Waals surface area contributed by atoms with E-state index in [0.717, 1.165) is 82.8 Å². The molecule has 0 saturated carbocycles. The van der Waals surface area contributed by atoms with Crippen LogP contribution in [0.4, 0.5) is 5.69 Å². The van der Waals surface area contributed by atoms with E-state index in [-0.39, 0.29) is 0 Å². The van der Waals surface area contributed by atoms with Gasteiger partial charge in [0, 0.05) is 49.4 Å². The van der Waals surface area contributed by atoms with Gasteiger partial charge < -0.3 is 13.7 Å². The van der Waals surface area contributed by atoms with E-state index in [4.69, 9.17) is 6.57 Å². The molecule has 8 aromatic carbocycles. The number of rotatable bonds is 4. The van der Waals surface area contributed by atoms with Crippen molar-refractivity contribution in [3.63, 3.8) is 0 Å². The van der Waals surface area contributed by atoms with Gasteiger partial charge in [0.05, 0.1) is 51.3 Å². The second-order valence-corrected chi connectivity index (χ2v) is 14.0. The summed E-state index contributed by atoms with van der Waals surface area (Å²) in [7, 11) is 0. The molecule has 11 rings (SSSR count). The van der Waals surface area contributed by atoms with E-state index in [2.05, 4.69) is 176 Å². The molecule has 0 bridgehead atoms. The van der Waals surface area contributed by atoms with Gasteiger partial charge in [0.15, 0.2) is 5.69 Å². The lowest BCUT2D eigenvalue weighted by atomic mass is 10.0. The van der Waals surface area contributed by atoms with Gasteiger partial charge >= 0.3 is 0 Å². The summed E-state index contributed by atoms with van der Waals surface area (Å²) in [6.45, 7) is 8.10. The van der Waals surface area contributed by atoms with Crippen LogP contribution >= 0.6 is 0 Å². The molecule has 0 radical (unpaired) electrons. The third-order valence-corrected chi connectivity index (χ3v) is 11.0. The van der Waals surface area contributed by atoms with E-state index < -0.39 is 0 Å². The number of hydrogen-bond donors (Lipinski definition) is 0. The summed E-state index contributed by atoms with van der Waals surface area (Å²) in [5, 5.41) is 17.5. The summed E-state index contributed by atoms with van der Waals surface area (Å²) in [5.74, 6) is 0. The molecule has 0 aliphatic heterocycles. The van der Waals surface area contributed by atoms with E-state index in [1.165, 1.54) is 10.8 Å². The Morgan fingerprint density at radius 3 is 1.25 bits per heavy atom. The van der Waals surface area contributed by atoms with Crippen LogP contribution in [0.25, 0.3) is 98.5 Å². The molecule has 5 nitrogen and oxygen atoms in total. The predicted octanol–water partition coefficient (Wildman–Crippen LogP) is 13.1. The monoisotopic (exact) mass is 699 g/mol. The van der Waals surface area contributed by atoms with E-state index in [1.54, 1.807) is 0 Å². The van der Waals surface area contributed by atoms with Gasteiger partial charge in [-0.25, -0.2) is 4.85 Å². The first-order valence-electron chi connectivity index (χ1n) is 18.3. The molecule has 3 aromatic heterocycles. The molecule has 5 heteroatoms. The van der Waals surface area contributed by atoms with Gasteiger partial charge in [0.25, 0.3) is 0 Å². The number of benzene rings is 8. The zero-order valence-electron chi connectivity index (χ0n) is 29.5. The number of nitriles is 1. The van der Waals surface area contributed by atoms with Crippen LogP contribution in [-0.2, 0) is 0 Å². The molecular formula is C50H29N5. The molecule has 0 fully saturated rings. The van der Waals surface area contributed by atoms with Crippen LogP contribution in [0.2, 0.25) is 0 Å². The lowest BCUT2D eigenvalue weighted by Crippen LogP contribution is -1.98. The third-order valence-electron chi connectivity index (χ3n) is 11.0. The van der Waals surface area contributed by atoms with Crippen molar-refractivity contribution in [2.45, 2.75) is 0 Å². The summed E-state index contributed by atoms with van der Waals surface area (Å²) < 4.78 is 6.86. The normalized spacial score (nSPS) is 11.6. The number of fused-ring (bicyclic) bond motifs is 9. The molecule has 55 heavy (non-hydrogen) atoms. The molecule has 11 aromatic rings. The van der Waals surface area contributed by atoms with Crippen molar-refractivity contribution in [3.05, 3.63) is 193 Å². The van der Waals surface area contributed by atoms with Gasteiger partial charge in [-0.15, -0.1) is 0 Å². The fourth-order valence-corrected chi connectivity index (χ4v) is 8.70. The van der Waals surface area contributed by atoms with E-state index >= 15 is 0 Å². The van der Waals surface area contributed by atoms with Crippen LogP contribution in [-0.4, -0.2) is 13.7 Å². The first-order chi connectivity index (χ1) is 27.2. The van der Waals surface area contributed by atoms with E-state index in [1.807, 2.05) is 24.3 Å². The Morgan fingerprint density at radius 2 is 0.782 bits per heavy atom. The molecule has 0 atom stereocenters. The first kappa shape index (κ1) is 30.7. The summed E-state index contributed by atoms with van der Waals surface area (Å²) >= 11 is 0. The van der Waals surface area contributed by atoms with Gasteiger partial charge in [-0.05, 0) is 90.0 Å². The van der Waals surface area contributed by atoms with E-state index in [9.17, 15) is 5.26 Å². The minimum absolute atomic E-state index is 0.533. The van der Waals surface area contributed by atoms with Crippen LogP contribution in [0.15, 0.2) is 176 Å². The maximum absolute atomic E-state index is 10.5. The van der Waals surface area contributed by atoms with E-state index in [0.29, 0.717) is 11.3 Å². The number of aromatic nitrogens is 3. The zero-order valence-corrected chi connectivity index (χ0v) is 29.5. The summed E-state index contributed by atoms with van der Waals surface area (Å²) in [6, 6.07) is 63.6. The Labute approximate surface area is 316 Å². The molecule has 254 valence electrons. The molecule has 0 N–H and O–H groups in total. The number of hydrogen-bond acceptors (Lipinski definition) is 1. The quantitative estimate of drug-likeness (QED) is 0.169. The average molecular weight is 700 g/mol. The minimum Gasteiger partial charge on any atom is -0.310 e. The Hall–Kier alpha value is -7.86. The Bertz CT molecular complexity index is 3360. The smallest absolute Gasteiger partial charge is 0.189 e. The summed E-state index contributed by atoms with van der Waals surface area (Å²) in [6.07, 6.45) is 0. The number of para-hydroxylation sites is 5. The van der Waals surface area contributed by atoms with Crippen molar-refractivity contribution in [2.24, 2.45) is 0 Å². The highest BCUT2D eigenvalue weighted by Crippen LogP contribution is 2.39. The van der Waals surface area contributed by atoms with Gasteiger partial charge in [0.1, 0.15) is 0 Å². The molecule has 0 aliphatic rings. The van der Waals surface area contributed by atoms with Crippen LogP contribution in [0.1, 0.15) is 5.56 Å². The van der Waals surface area contributed by atoms with Gasteiger partial charge in [-0.3, -0.25) is 0 Å². The van der Waals surface area contributed by atoms with Gasteiger partial charge in [-0.2, -0.15) is 5.26 Å². The SMILES string of the molecule is [C-]#[N+]c1cc(-c2cc(C#N)cc(-n3c4ccccc4c4ccc(-n5c6ccccc6c6ccccc65)cc43)c2)cc(-n2c3ccccc3c3ccccc32)c1. The third kappa shape index (κ3) is 4.58. The standard InChI is InChI=1S/C50H29N5/c1-52-35-26-34(28-38(29-35)54-47-19-9-4-14-41(47)42-15-5-10-20-48(42)54)33-24-32(31-51)25-37(27-33)55-49-21-11-6-16-43(49)44-23-22-36(30-50(44)55)53-45-17-7-2-12-39(45)40-13-3-8-18-46(40)53/h2-30H. The van der Waals surface area contributed by atoms with Crippen molar-refractivity contribution in [3.8, 4) is 34.3 Å². The van der Waals surface area contributed by atoms with Crippen LogP contribution in [0, 0.1) is 17.9 Å². The second kappa shape index (κ2) is 11.8. The maximum atomic E-state index is 10.5. The first-order valence-corrected chi connectivity index (χ1v) is 18.3. The summed E-state index contributed by atoms with van der Waals surface area (Å²) in [4.78, 5) is 3.93. The highest BCUT2D eigenvalue weighted by Gasteiger charge is 2.19. The lowest BCUT2D eigenvalue weighted by molar-refractivity contribution is 1.15. The summed E-state index contributed by atoms with van der Waals surface area (Å²) in [5.41, 5.74) is 12.2. The predicted molar refractivity (Wildman–Crippen MR) is 226 cm³/mol. The van der Waals surface area contributed by atoms with Crippen molar-refractivity contribution >= 4 is 71.1 Å². The molecule has 0 amide bonds. The van der Waals surface area contributed by atoms with Crippen LogP contribution in [0.5, 0.6) is 0 Å². The Balaban J connectivity index is 1.15. The zero-order chi connectivity index (χ0) is 36.6. The minimum atomic E-state index is 0.533. The molecule has 0 unspecified atom stereocenters. The van der Waals surface area contributed by atoms with Gasteiger partial charge in [-0.1, -0.05) is 97.1 Å². The fourth-order valence-electron chi connectivity index (χ4n) is 8.70. The highest BCUT2D eigenvalue weighted by molar-refractivity contribution is 6.12. The molecule has 0 aliphatic carbocycles. The van der Waals surface area contributed by atoms with Crippen LogP contribution < -0.4 is 0 Å². The highest BCUT2D eigenvalue weighted by atomic mass is 15.0. The lowest BCUT2D eigenvalue weighted by Gasteiger charge is -2.15. The molecule has 0 spiro atoms. The van der Waals surface area contributed by atoms with Crippen molar-refractivity contribution in [2.75, 3.05) is 0 Å². The Morgan fingerprint density at radius 1 is 0.382 bits per heavy atom. The average Bonchev–Trinajstić information content (AvgIpc) is 3.89. The van der Waals surface area contributed by atoms with Gasteiger partial charge in [0.2, 0.25) is 0 Å². The largest absolute Gasteiger partial charge is 0.310 e.